The number of carbonyl (C=O) groups excluding carboxylic acids is 2. The van der Waals surface area contributed by atoms with Gasteiger partial charge in [0.2, 0.25) is 5.91 Å². The summed E-state index contributed by atoms with van der Waals surface area (Å²) in [6, 6.07) is 16.5. The first-order valence-corrected chi connectivity index (χ1v) is 8.28. The molecule has 0 aliphatic carbocycles. The number of nitrogens with zero attached hydrogens (tertiary/aromatic N) is 1. The van der Waals surface area contributed by atoms with Crippen LogP contribution in [0.5, 0.6) is 0 Å². The Bertz CT molecular complexity index is 710. The Morgan fingerprint density at radius 1 is 0.920 bits per heavy atom. The fourth-order valence-corrected chi connectivity index (χ4v) is 2.59. The highest BCUT2D eigenvalue weighted by Gasteiger charge is 2.18. The summed E-state index contributed by atoms with van der Waals surface area (Å²) in [4.78, 5) is 26.1. The number of hydrogen-bond donors (Lipinski definition) is 2. The molecule has 1 saturated heterocycles. The van der Waals surface area contributed by atoms with E-state index in [9.17, 15) is 9.59 Å². The van der Waals surface area contributed by atoms with Crippen molar-refractivity contribution in [1.29, 1.82) is 0 Å². The van der Waals surface area contributed by atoms with Gasteiger partial charge in [0, 0.05) is 30.0 Å². The van der Waals surface area contributed by atoms with Crippen LogP contribution in [-0.2, 0) is 9.53 Å². The van der Waals surface area contributed by atoms with E-state index in [-0.39, 0.29) is 18.4 Å². The second-order valence-electron chi connectivity index (χ2n) is 5.75. The molecule has 2 aromatic carbocycles. The minimum Gasteiger partial charge on any atom is -0.378 e. The number of morpholine rings is 1. The van der Waals surface area contributed by atoms with Gasteiger partial charge in [-0.25, -0.2) is 0 Å². The van der Waals surface area contributed by atoms with Crippen LogP contribution < -0.4 is 10.6 Å². The highest BCUT2D eigenvalue weighted by molar-refractivity contribution is 5.95. The summed E-state index contributed by atoms with van der Waals surface area (Å²) >= 11 is 0. The topological polar surface area (TPSA) is 70.7 Å². The van der Waals surface area contributed by atoms with Crippen molar-refractivity contribution in [2.45, 2.75) is 0 Å². The molecule has 0 spiro atoms. The lowest BCUT2D eigenvalue weighted by atomic mass is 10.1. The predicted molar refractivity (Wildman–Crippen MR) is 96.7 cm³/mol. The van der Waals surface area contributed by atoms with E-state index in [1.165, 1.54) is 0 Å². The first-order chi connectivity index (χ1) is 12.2. The molecule has 25 heavy (non-hydrogen) atoms. The Morgan fingerprint density at radius 3 is 2.28 bits per heavy atom. The number of anilines is 2. The highest BCUT2D eigenvalue weighted by Crippen LogP contribution is 2.13. The van der Waals surface area contributed by atoms with Crippen molar-refractivity contribution in [2.75, 3.05) is 43.5 Å². The SMILES string of the molecule is O=C(CNc1ccc(C(=O)N2CCOCC2)cc1)Nc1ccccc1. The van der Waals surface area contributed by atoms with Gasteiger partial charge in [-0.15, -0.1) is 0 Å². The van der Waals surface area contributed by atoms with Crippen LogP contribution in [0.3, 0.4) is 0 Å². The Balaban J connectivity index is 1.50. The number of ether oxygens (including phenoxy) is 1. The smallest absolute Gasteiger partial charge is 0.254 e. The average Bonchev–Trinajstić information content (AvgIpc) is 2.68. The molecule has 2 amide bonds. The zero-order chi connectivity index (χ0) is 17.5. The summed E-state index contributed by atoms with van der Waals surface area (Å²) in [7, 11) is 0. The van der Waals surface area contributed by atoms with Crippen LogP contribution in [0.2, 0.25) is 0 Å². The van der Waals surface area contributed by atoms with Gasteiger partial charge in [0.1, 0.15) is 0 Å². The van der Waals surface area contributed by atoms with Crippen molar-refractivity contribution in [3.8, 4) is 0 Å². The van der Waals surface area contributed by atoms with Crippen molar-refractivity contribution in [1.82, 2.24) is 4.90 Å². The summed E-state index contributed by atoms with van der Waals surface area (Å²) in [5.74, 6) is -0.114. The minimum absolute atomic E-state index is 0.0108. The van der Waals surface area contributed by atoms with Crippen molar-refractivity contribution >= 4 is 23.2 Å². The molecule has 6 heteroatoms. The number of carbonyl (C=O) groups is 2. The summed E-state index contributed by atoms with van der Waals surface area (Å²) in [6.45, 7) is 2.58. The van der Waals surface area contributed by atoms with Crippen LogP contribution in [0.25, 0.3) is 0 Å². The third-order valence-electron chi connectivity index (χ3n) is 3.94. The minimum atomic E-state index is -0.125. The molecule has 1 aliphatic rings. The number of hydrogen-bond acceptors (Lipinski definition) is 4. The molecule has 2 N–H and O–H groups in total. The third-order valence-corrected chi connectivity index (χ3v) is 3.94. The molecule has 1 heterocycles. The lowest BCUT2D eigenvalue weighted by Gasteiger charge is -2.26. The van der Waals surface area contributed by atoms with Crippen LogP contribution in [0, 0.1) is 0 Å². The summed E-state index contributed by atoms with van der Waals surface area (Å²) in [5, 5.41) is 5.86. The second kappa shape index (κ2) is 8.30. The fourth-order valence-electron chi connectivity index (χ4n) is 2.59. The lowest BCUT2D eigenvalue weighted by molar-refractivity contribution is -0.114. The fraction of sp³-hybridized carbons (Fsp3) is 0.263. The largest absolute Gasteiger partial charge is 0.378 e. The molecule has 0 saturated carbocycles. The molecule has 0 aromatic heterocycles. The van der Waals surface area contributed by atoms with Crippen LogP contribution >= 0.6 is 0 Å². The Hall–Kier alpha value is -2.86. The van der Waals surface area contributed by atoms with E-state index >= 15 is 0 Å². The van der Waals surface area contributed by atoms with Gasteiger partial charge >= 0.3 is 0 Å². The quantitative estimate of drug-likeness (QED) is 0.876. The Kier molecular flexibility index (Phi) is 5.64. The zero-order valence-corrected chi connectivity index (χ0v) is 13.9. The molecule has 0 atom stereocenters. The van der Waals surface area contributed by atoms with Crippen molar-refractivity contribution in [3.05, 3.63) is 60.2 Å². The average molecular weight is 339 g/mol. The first-order valence-electron chi connectivity index (χ1n) is 8.28. The molecule has 6 nitrogen and oxygen atoms in total. The molecule has 130 valence electrons. The second-order valence-corrected chi connectivity index (χ2v) is 5.75. The van der Waals surface area contributed by atoms with Gasteiger partial charge in [-0.3, -0.25) is 9.59 Å². The Morgan fingerprint density at radius 2 is 1.60 bits per heavy atom. The van der Waals surface area contributed by atoms with Crippen molar-refractivity contribution in [2.24, 2.45) is 0 Å². The number of para-hydroxylation sites is 1. The van der Waals surface area contributed by atoms with Crippen LogP contribution in [0.1, 0.15) is 10.4 Å². The molecular formula is C19H21N3O3. The molecule has 0 unspecified atom stereocenters. The maximum absolute atomic E-state index is 12.4. The monoisotopic (exact) mass is 339 g/mol. The molecule has 2 aromatic rings. The van der Waals surface area contributed by atoms with E-state index < -0.39 is 0 Å². The number of amides is 2. The van der Waals surface area contributed by atoms with Gasteiger partial charge in [0.05, 0.1) is 19.8 Å². The zero-order valence-electron chi connectivity index (χ0n) is 13.9. The molecule has 1 aliphatic heterocycles. The third kappa shape index (κ3) is 4.81. The van der Waals surface area contributed by atoms with Gasteiger partial charge in [-0.2, -0.15) is 0 Å². The van der Waals surface area contributed by atoms with Crippen molar-refractivity contribution in [3.63, 3.8) is 0 Å². The van der Waals surface area contributed by atoms with Gasteiger partial charge in [-0.1, -0.05) is 18.2 Å². The number of rotatable bonds is 5. The lowest BCUT2D eigenvalue weighted by Crippen LogP contribution is -2.40. The van der Waals surface area contributed by atoms with Crippen LogP contribution in [0.4, 0.5) is 11.4 Å². The molecule has 0 radical (unpaired) electrons. The van der Waals surface area contributed by atoms with Crippen LogP contribution in [0.15, 0.2) is 54.6 Å². The Labute approximate surface area is 146 Å². The van der Waals surface area contributed by atoms with Gasteiger partial charge in [0.15, 0.2) is 0 Å². The van der Waals surface area contributed by atoms with E-state index in [0.717, 1.165) is 11.4 Å². The maximum atomic E-state index is 12.4. The molecular weight excluding hydrogens is 318 g/mol. The number of nitrogens with one attached hydrogen (secondary N) is 2. The van der Waals surface area contributed by atoms with Gasteiger partial charge < -0.3 is 20.3 Å². The number of benzene rings is 2. The first kappa shape index (κ1) is 17.0. The molecule has 1 fully saturated rings. The highest BCUT2D eigenvalue weighted by atomic mass is 16.5. The summed E-state index contributed by atoms with van der Waals surface area (Å²) in [5.41, 5.74) is 2.20. The molecule has 3 rings (SSSR count). The van der Waals surface area contributed by atoms with E-state index in [1.807, 2.05) is 42.5 Å². The maximum Gasteiger partial charge on any atom is 0.254 e. The van der Waals surface area contributed by atoms with E-state index in [0.29, 0.717) is 31.9 Å². The summed E-state index contributed by atoms with van der Waals surface area (Å²) < 4.78 is 5.26. The predicted octanol–water partition coefficient (Wildman–Crippen LogP) is 2.21. The van der Waals surface area contributed by atoms with E-state index in [1.54, 1.807) is 17.0 Å². The standard InChI is InChI=1S/C19H21N3O3/c23-18(21-17-4-2-1-3-5-17)14-20-16-8-6-15(7-9-16)19(24)22-10-12-25-13-11-22/h1-9,20H,10-14H2,(H,21,23). The van der Waals surface area contributed by atoms with Gasteiger partial charge in [-0.05, 0) is 36.4 Å². The van der Waals surface area contributed by atoms with Gasteiger partial charge in [0.25, 0.3) is 5.91 Å². The summed E-state index contributed by atoms with van der Waals surface area (Å²) in [6.07, 6.45) is 0. The normalized spacial score (nSPS) is 14.0. The van der Waals surface area contributed by atoms with Crippen LogP contribution in [-0.4, -0.2) is 49.6 Å². The molecule has 0 bridgehead atoms. The van der Waals surface area contributed by atoms with E-state index in [2.05, 4.69) is 10.6 Å². The van der Waals surface area contributed by atoms with E-state index in [4.69, 9.17) is 4.74 Å². The van der Waals surface area contributed by atoms with Crippen molar-refractivity contribution < 1.29 is 14.3 Å².